The van der Waals surface area contributed by atoms with Crippen LogP contribution >= 0.6 is 11.6 Å². The quantitative estimate of drug-likeness (QED) is 0.619. The molecule has 3 aromatic rings. The van der Waals surface area contributed by atoms with Gasteiger partial charge >= 0.3 is 0 Å². The number of anilines is 1. The first kappa shape index (κ1) is 18.8. The number of hydrogen-bond acceptors (Lipinski definition) is 3. The van der Waals surface area contributed by atoms with Gasteiger partial charge in [0.1, 0.15) is 0 Å². The summed E-state index contributed by atoms with van der Waals surface area (Å²) in [5, 5.41) is 11.8. The van der Waals surface area contributed by atoms with E-state index in [1.165, 1.54) is 4.90 Å². The van der Waals surface area contributed by atoms with Gasteiger partial charge in [0, 0.05) is 10.9 Å². The molecule has 2 amide bonds. The minimum Gasteiger partial charge on any atom is -0.392 e. The summed E-state index contributed by atoms with van der Waals surface area (Å²) in [5.74, 6) is -1.90. The number of hydrogen-bond donors (Lipinski definition) is 1. The van der Waals surface area contributed by atoms with Gasteiger partial charge in [-0.2, -0.15) is 0 Å². The molecule has 3 aromatic carbocycles. The van der Waals surface area contributed by atoms with E-state index in [4.69, 9.17) is 11.6 Å². The summed E-state index contributed by atoms with van der Waals surface area (Å²) >= 11 is 6.03. The zero-order chi connectivity index (χ0) is 21.5. The van der Waals surface area contributed by atoms with Crippen molar-refractivity contribution in [2.45, 2.75) is 24.4 Å². The van der Waals surface area contributed by atoms with Crippen LogP contribution in [0.15, 0.2) is 72.8 Å². The lowest BCUT2D eigenvalue weighted by molar-refractivity contribution is -0.126. The van der Waals surface area contributed by atoms with Crippen molar-refractivity contribution in [3.63, 3.8) is 0 Å². The van der Waals surface area contributed by atoms with Crippen molar-refractivity contribution < 1.29 is 14.7 Å². The Morgan fingerprint density at radius 1 is 0.871 bits per heavy atom. The first-order chi connectivity index (χ1) is 15.0. The van der Waals surface area contributed by atoms with Crippen LogP contribution in [0.5, 0.6) is 0 Å². The monoisotopic (exact) mass is 429 g/mol. The molecule has 3 aliphatic carbocycles. The van der Waals surface area contributed by atoms with E-state index in [0.29, 0.717) is 10.7 Å². The number of carbonyl (C=O) groups is 2. The fourth-order valence-corrected chi connectivity index (χ4v) is 6.51. The Morgan fingerprint density at radius 2 is 1.42 bits per heavy atom. The maximum absolute atomic E-state index is 13.9. The summed E-state index contributed by atoms with van der Waals surface area (Å²) in [5.41, 5.74) is 3.51. The molecule has 5 heteroatoms. The predicted octanol–water partition coefficient (Wildman–Crippen LogP) is 4.27. The molecule has 0 aromatic heterocycles. The summed E-state index contributed by atoms with van der Waals surface area (Å²) in [6, 6.07) is 22.7. The predicted molar refractivity (Wildman–Crippen MR) is 118 cm³/mol. The second-order valence-electron chi connectivity index (χ2n) is 8.69. The molecule has 1 aliphatic heterocycles. The Kier molecular flexibility index (Phi) is 3.81. The number of rotatable bonds is 2. The Bertz CT molecular complexity index is 1200. The molecule has 0 spiro atoms. The lowest BCUT2D eigenvalue weighted by Crippen LogP contribution is -2.58. The molecule has 0 unspecified atom stereocenters. The lowest BCUT2D eigenvalue weighted by Gasteiger charge is -2.55. The average molecular weight is 430 g/mol. The fourth-order valence-electron chi connectivity index (χ4n) is 6.38. The highest BCUT2D eigenvalue weighted by Gasteiger charge is 2.69. The van der Waals surface area contributed by atoms with Crippen molar-refractivity contribution in [1.29, 1.82) is 0 Å². The Balaban J connectivity index is 1.66. The highest BCUT2D eigenvalue weighted by molar-refractivity contribution is 6.31. The van der Waals surface area contributed by atoms with Gasteiger partial charge in [-0.15, -0.1) is 0 Å². The van der Waals surface area contributed by atoms with E-state index in [1.54, 1.807) is 31.2 Å². The van der Waals surface area contributed by atoms with Crippen LogP contribution in [0.2, 0.25) is 5.02 Å². The highest BCUT2D eigenvalue weighted by Crippen LogP contribution is 2.65. The van der Waals surface area contributed by atoms with Gasteiger partial charge in [0.05, 0.1) is 29.0 Å². The van der Waals surface area contributed by atoms with E-state index in [0.717, 1.165) is 22.3 Å². The van der Waals surface area contributed by atoms with Crippen molar-refractivity contribution in [2.75, 3.05) is 4.90 Å². The number of carbonyl (C=O) groups excluding carboxylic acids is 2. The molecule has 2 bridgehead atoms. The van der Waals surface area contributed by atoms with E-state index in [2.05, 4.69) is 0 Å². The summed E-state index contributed by atoms with van der Waals surface area (Å²) in [4.78, 5) is 29.0. The minimum atomic E-state index is -0.972. The molecule has 0 radical (unpaired) electrons. The van der Waals surface area contributed by atoms with E-state index in [-0.39, 0.29) is 17.7 Å². The van der Waals surface area contributed by atoms with E-state index < -0.39 is 23.4 Å². The van der Waals surface area contributed by atoms with Crippen LogP contribution < -0.4 is 4.90 Å². The van der Waals surface area contributed by atoms with Crippen LogP contribution in [-0.4, -0.2) is 23.0 Å². The number of benzene rings is 3. The summed E-state index contributed by atoms with van der Waals surface area (Å²) in [7, 11) is 0. The molecule has 0 saturated carbocycles. The largest absolute Gasteiger partial charge is 0.392 e. The van der Waals surface area contributed by atoms with Crippen molar-refractivity contribution in [2.24, 2.45) is 11.8 Å². The number of nitrogens with zero attached hydrogens (tertiary/aromatic N) is 1. The molecule has 4 nitrogen and oxygen atoms in total. The number of imide groups is 1. The maximum Gasteiger partial charge on any atom is 0.239 e. The van der Waals surface area contributed by atoms with Gasteiger partial charge in [-0.1, -0.05) is 60.1 Å². The van der Waals surface area contributed by atoms with Crippen molar-refractivity contribution >= 4 is 29.1 Å². The van der Waals surface area contributed by atoms with Gasteiger partial charge in [-0.05, 0) is 53.4 Å². The lowest BCUT2D eigenvalue weighted by atomic mass is 9.46. The molecule has 4 aliphatic rings. The van der Waals surface area contributed by atoms with Gasteiger partial charge < -0.3 is 5.11 Å². The second kappa shape index (κ2) is 6.28. The Hall–Kier alpha value is -2.95. The Labute approximate surface area is 185 Å². The number of amides is 2. The molecular formula is C26H20ClNO3. The first-order valence-electron chi connectivity index (χ1n) is 10.5. The topological polar surface area (TPSA) is 57.6 Å². The third kappa shape index (κ3) is 2.14. The second-order valence-corrected chi connectivity index (χ2v) is 9.13. The smallest absolute Gasteiger partial charge is 0.239 e. The zero-order valence-corrected chi connectivity index (χ0v) is 17.6. The molecule has 154 valence electrons. The zero-order valence-electron chi connectivity index (χ0n) is 16.8. The van der Waals surface area contributed by atoms with Crippen LogP contribution in [0.25, 0.3) is 0 Å². The van der Waals surface area contributed by atoms with Crippen LogP contribution in [0, 0.1) is 11.8 Å². The molecular weight excluding hydrogens is 410 g/mol. The average Bonchev–Trinajstić information content (AvgIpc) is 3.05. The van der Waals surface area contributed by atoms with E-state index in [1.807, 2.05) is 48.5 Å². The molecule has 31 heavy (non-hydrogen) atoms. The minimum absolute atomic E-state index is 0.212. The third-order valence-electron chi connectivity index (χ3n) is 7.43. The third-order valence-corrected chi connectivity index (χ3v) is 7.68. The number of aliphatic hydroxyl groups excluding tert-OH is 1. The molecule has 1 fully saturated rings. The molecule has 3 atom stereocenters. The highest BCUT2D eigenvalue weighted by atomic mass is 35.5. The van der Waals surface area contributed by atoms with Crippen molar-refractivity contribution in [3.05, 3.63) is 100 Å². The molecule has 1 saturated heterocycles. The van der Waals surface area contributed by atoms with Gasteiger partial charge in [-0.25, -0.2) is 4.90 Å². The van der Waals surface area contributed by atoms with Crippen LogP contribution in [0.4, 0.5) is 5.69 Å². The maximum atomic E-state index is 13.9. The SMILES string of the molecule is C[C@@H](O)C12c3ccccc3C(c3ccccc31)[C@H]1C(=O)N(c3ccc(Cl)cc3)C(=O)[C@H]12. The van der Waals surface area contributed by atoms with Crippen LogP contribution in [0.3, 0.4) is 0 Å². The van der Waals surface area contributed by atoms with E-state index >= 15 is 0 Å². The first-order valence-corrected chi connectivity index (χ1v) is 10.9. The number of aliphatic hydroxyl groups is 1. The van der Waals surface area contributed by atoms with Crippen molar-refractivity contribution in [3.8, 4) is 0 Å². The van der Waals surface area contributed by atoms with Gasteiger partial charge in [0.2, 0.25) is 11.8 Å². The Morgan fingerprint density at radius 3 is 1.97 bits per heavy atom. The van der Waals surface area contributed by atoms with Crippen LogP contribution in [-0.2, 0) is 15.0 Å². The standard InChI is InChI=1S/C26H20ClNO3/c1-14(29)26-19-8-4-2-6-17(19)21(18-7-3-5-9-20(18)26)22-23(26)25(31)28(24(22)30)16-12-10-15(27)11-13-16/h2-14,21-23,29H,1H3/t14-,21?,22-,23+,26?/m1/s1. The summed E-state index contributed by atoms with van der Waals surface area (Å²) in [6.07, 6.45) is -0.856. The van der Waals surface area contributed by atoms with Gasteiger partial charge in [-0.3, -0.25) is 9.59 Å². The normalized spacial score (nSPS) is 28.9. The fraction of sp³-hybridized carbons (Fsp3) is 0.231. The molecule has 1 heterocycles. The van der Waals surface area contributed by atoms with Crippen LogP contribution in [0.1, 0.15) is 35.1 Å². The summed E-state index contributed by atoms with van der Waals surface area (Å²) < 4.78 is 0. The van der Waals surface area contributed by atoms with Crippen molar-refractivity contribution in [1.82, 2.24) is 0 Å². The molecule has 7 rings (SSSR count). The van der Waals surface area contributed by atoms with Gasteiger partial charge in [0.25, 0.3) is 0 Å². The summed E-state index contributed by atoms with van der Waals surface area (Å²) in [6.45, 7) is 1.74. The van der Waals surface area contributed by atoms with Gasteiger partial charge in [0.15, 0.2) is 0 Å². The van der Waals surface area contributed by atoms with E-state index in [9.17, 15) is 14.7 Å². The number of halogens is 1. The molecule has 1 N–H and O–H groups in total.